The minimum atomic E-state index is -4.65. The van der Waals surface area contributed by atoms with Crippen LogP contribution in [0.15, 0.2) is 22.6 Å². The van der Waals surface area contributed by atoms with Crippen molar-refractivity contribution in [3.8, 4) is 5.75 Å². The van der Waals surface area contributed by atoms with Crippen molar-refractivity contribution in [3.63, 3.8) is 0 Å². The first-order valence-electron chi connectivity index (χ1n) is 11.8. The van der Waals surface area contributed by atoms with Gasteiger partial charge in [0.25, 0.3) is 5.91 Å². The second-order valence-electron chi connectivity index (χ2n) is 9.78. The second kappa shape index (κ2) is 8.86. The van der Waals surface area contributed by atoms with E-state index in [-0.39, 0.29) is 55.3 Å². The van der Waals surface area contributed by atoms with Gasteiger partial charge in [-0.3, -0.25) is 9.53 Å². The van der Waals surface area contributed by atoms with Crippen LogP contribution >= 0.6 is 11.6 Å². The van der Waals surface area contributed by atoms with Crippen LogP contribution in [-0.2, 0) is 14.3 Å². The standard InChI is InChI=1S/C23H23ClF3N3O6/c24-10-1-2-16-12(5-10)15(31)8-19(33-16)20(32)28-14-7-17-13(6-18(14)34-17)22-30-29-21(35-22)9-3-11(4-9)36-23(25,26)27/h1-2,5,9,11,13-15,17-19,31H,3-4,6-8H2,(H,28,32)/t9-,11+,13-,14-,15+,17+,18+,19+/m1/s1. The monoisotopic (exact) mass is 529 g/mol. The Bertz CT molecular complexity index is 1160. The molecule has 36 heavy (non-hydrogen) atoms. The van der Waals surface area contributed by atoms with Crippen molar-refractivity contribution >= 4 is 17.5 Å². The van der Waals surface area contributed by atoms with Gasteiger partial charge in [-0.25, -0.2) is 0 Å². The average Bonchev–Trinajstić information content (AvgIpc) is 3.51. The summed E-state index contributed by atoms with van der Waals surface area (Å²) in [6, 6.07) is 4.68. The minimum Gasteiger partial charge on any atom is -0.480 e. The molecule has 9 nitrogen and oxygen atoms in total. The van der Waals surface area contributed by atoms with Crippen molar-refractivity contribution in [2.75, 3.05) is 0 Å². The number of hydrogen-bond donors (Lipinski definition) is 2. The molecule has 1 amide bonds. The third-order valence-electron chi connectivity index (χ3n) is 7.39. The van der Waals surface area contributed by atoms with Crippen molar-refractivity contribution in [1.82, 2.24) is 15.5 Å². The van der Waals surface area contributed by atoms with Crippen LogP contribution in [0.1, 0.15) is 67.4 Å². The molecule has 4 heterocycles. The molecule has 0 spiro atoms. The molecule has 1 aromatic heterocycles. The van der Waals surface area contributed by atoms with Gasteiger partial charge in [0, 0.05) is 22.9 Å². The zero-order valence-corrected chi connectivity index (χ0v) is 19.5. The average molecular weight is 530 g/mol. The first-order chi connectivity index (χ1) is 17.1. The quantitative estimate of drug-likeness (QED) is 0.604. The van der Waals surface area contributed by atoms with Crippen LogP contribution < -0.4 is 10.1 Å². The van der Waals surface area contributed by atoms with Crippen molar-refractivity contribution in [1.29, 1.82) is 0 Å². The van der Waals surface area contributed by atoms with Gasteiger partial charge < -0.3 is 24.3 Å². The van der Waals surface area contributed by atoms with E-state index in [0.717, 1.165) is 0 Å². The van der Waals surface area contributed by atoms with Crippen LogP contribution in [0, 0.1) is 0 Å². The molecule has 1 aliphatic carbocycles. The van der Waals surface area contributed by atoms with Crippen LogP contribution in [0.2, 0.25) is 5.02 Å². The Morgan fingerprint density at radius 1 is 1.11 bits per heavy atom. The Labute approximate surface area is 208 Å². The highest BCUT2D eigenvalue weighted by Crippen LogP contribution is 2.46. The van der Waals surface area contributed by atoms with E-state index < -0.39 is 24.7 Å². The smallest absolute Gasteiger partial charge is 0.480 e. The maximum atomic E-state index is 12.9. The Balaban J connectivity index is 1.02. The molecule has 1 saturated carbocycles. The number of hydrogen-bond acceptors (Lipinski definition) is 8. The largest absolute Gasteiger partial charge is 0.522 e. The third-order valence-corrected chi connectivity index (χ3v) is 7.63. The van der Waals surface area contributed by atoms with Gasteiger partial charge >= 0.3 is 6.36 Å². The number of alkyl halides is 3. The lowest BCUT2D eigenvalue weighted by Crippen LogP contribution is -2.49. The predicted molar refractivity (Wildman–Crippen MR) is 115 cm³/mol. The molecule has 0 radical (unpaired) electrons. The number of rotatable bonds is 5. The van der Waals surface area contributed by atoms with Crippen molar-refractivity contribution in [2.45, 2.75) is 86.9 Å². The van der Waals surface area contributed by atoms with Gasteiger partial charge in [-0.15, -0.1) is 23.4 Å². The summed E-state index contributed by atoms with van der Waals surface area (Å²) in [5, 5.41) is 22.0. The molecular formula is C23H23ClF3N3O6. The fourth-order valence-corrected chi connectivity index (χ4v) is 5.72. The molecule has 2 bridgehead atoms. The van der Waals surface area contributed by atoms with Crippen LogP contribution in [-0.4, -0.2) is 58.0 Å². The Morgan fingerprint density at radius 3 is 2.61 bits per heavy atom. The molecular weight excluding hydrogens is 507 g/mol. The number of nitrogens with one attached hydrogen (secondary N) is 1. The molecule has 13 heteroatoms. The van der Waals surface area contributed by atoms with Crippen LogP contribution in [0.3, 0.4) is 0 Å². The van der Waals surface area contributed by atoms with E-state index in [1.54, 1.807) is 18.2 Å². The summed E-state index contributed by atoms with van der Waals surface area (Å²) in [6.07, 6.45) is -6.12. The normalized spacial score (nSPS) is 35.1. The summed E-state index contributed by atoms with van der Waals surface area (Å²) >= 11 is 5.98. The fourth-order valence-electron chi connectivity index (χ4n) is 5.54. The first kappa shape index (κ1) is 24.0. The number of halogens is 4. The summed E-state index contributed by atoms with van der Waals surface area (Å²) in [6.45, 7) is 0. The highest BCUT2D eigenvalue weighted by atomic mass is 35.5. The number of carbonyl (C=O) groups excluding carboxylic acids is 1. The fraction of sp³-hybridized carbons (Fsp3) is 0.609. The molecule has 4 aliphatic rings. The summed E-state index contributed by atoms with van der Waals surface area (Å²) in [5.74, 6) is 0.421. The van der Waals surface area contributed by atoms with Gasteiger partial charge in [0.15, 0.2) is 6.10 Å². The van der Waals surface area contributed by atoms with Crippen LogP contribution in [0.4, 0.5) is 13.2 Å². The van der Waals surface area contributed by atoms with Gasteiger partial charge in [0.2, 0.25) is 11.8 Å². The van der Waals surface area contributed by atoms with E-state index in [2.05, 4.69) is 20.3 Å². The molecule has 6 rings (SSSR count). The zero-order chi connectivity index (χ0) is 25.2. The molecule has 194 valence electrons. The molecule has 6 atom stereocenters. The Hall–Kier alpha value is -2.41. The van der Waals surface area contributed by atoms with Crippen molar-refractivity contribution in [3.05, 3.63) is 40.6 Å². The molecule has 0 unspecified atom stereocenters. The number of fused-ring (bicyclic) bond motifs is 3. The van der Waals surface area contributed by atoms with E-state index in [4.69, 9.17) is 25.5 Å². The molecule has 3 aliphatic heterocycles. The zero-order valence-electron chi connectivity index (χ0n) is 18.8. The van der Waals surface area contributed by atoms with E-state index in [0.29, 0.717) is 41.0 Å². The number of aliphatic hydroxyl groups excluding tert-OH is 1. The van der Waals surface area contributed by atoms with Crippen molar-refractivity contribution < 1.29 is 41.7 Å². The van der Waals surface area contributed by atoms with Crippen LogP contribution in [0.5, 0.6) is 5.75 Å². The summed E-state index contributed by atoms with van der Waals surface area (Å²) in [7, 11) is 0. The van der Waals surface area contributed by atoms with Crippen molar-refractivity contribution in [2.24, 2.45) is 0 Å². The maximum Gasteiger partial charge on any atom is 0.522 e. The molecule has 2 N–H and O–H groups in total. The van der Waals surface area contributed by atoms with E-state index in [1.165, 1.54) is 0 Å². The number of ether oxygens (including phenoxy) is 3. The minimum absolute atomic E-state index is 0.115. The highest BCUT2D eigenvalue weighted by Gasteiger charge is 2.51. The first-order valence-corrected chi connectivity index (χ1v) is 12.2. The van der Waals surface area contributed by atoms with E-state index >= 15 is 0 Å². The molecule has 2 saturated heterocycles. The number of benzene rings is 1. The van der Waals surface area contributed by atoms with Crippen LogP contribution in [0.25, 0.3) is 0 Å². The Morgan fingerprint density at radius 2 is 1.89 bits per heavy atom. The summed E-state index contributed by atoms with van der Waals surface area (Å²) in [4.78, 5) is 12.9. The summed E-state index contributed by atoms with van der Waals surface area (Å²) in [5.41, 5.74) is 0.557. The van der Waals surface area contributed by atoms with Gasteiger partial charge in [-0.2, -0.15) is 0 Å². The maximum absolute atomic E-state index is 12.9. The van der Waals surface area contributed by atoms with E-state index in [1.807, 2.05) is 0 Å². The number of carbonyl (C=O) groups is 1. The Kier molecular flexibility index (Phi) is 5.90. The third kappa shape index (κ3) is 4.55. The molecule has 2 aromatic rings. The van der Waals surface area contributed by atoms with Gasteiger partial charge in [0.05, 0.1) is 36.4 Å². The second-order valence-corrected chi connectivity index (χ2v) is 10.2. The number of aromatic nitrogens is 2. The van der Waals surface area contributed by atoms with Gasteiger partial charge in [0.1, 0.15) is 5.75 Å². The van der Waals surface area contributed by atoms with E-state index in [9.17, 15) is 23.1 Å². The molecule has 1 aromatic carbocycles. The lowest BCUT2D eigenvalue weighted by Gasteiger charge is -2.32. The number of amides is 1. The van der Waals surface area contributed by atoms with Gasteiger partial charge in [-0.1, -0.05) is 11.6 Å². The lowest BCUT2D eigenvalue weighted by atomic mass is 9.82. The predicted octanol–water partition coefficient (Wildman–Crippen LogP) is 3.52. The van der Waals surface area contributed by atoms with Gasteiger partial charge in [-0.05, 0) is 43.9 Å². The lowest BCUT2D eigenvalue weighted by molar-refractivity contribution is -0.352. The SMILES string of the molecule is O=C(N[C@@H]1C[C@@H]2O[C@H]1C[C@H]2c1nnc([C@H]2C[C@@H](OC(F)(F)F)C2)o1)[C@@H]1C[C@H](O)c2cc(Cl)ccc2O1. The summed E-state index contributed by atoms with van der Waals surface area (Å²) < 4.78 is 58.6. The number of aliphatic hydroxyl groups is 1. The topological polar surface area (TPSA) is 116 Å². The number of nitrogens with zero attached hydrogens (tertiary/aromatic N) is 2. The molecule has 3 fully saturated rings. The highest BCUT2D eigenvalue weighted by molar-refractivity contribution is 6.30.